The highest BCUT2D eigenvalue weighted by Crippen LogP contribution is 2.20. The van der Waals surface area contributed by atoms with Crippen LogP contribution in [0, 0.1) is 6.92 Å². The molecule has 0 aliphatic heterocycles. The average Bonchev–Trinajstić information content (AvgIpc) is 2.44. The van der Waals surface area contributed by atoms with Gasteiger partial charge in [-0.05, 0) is 31.9 Å². The summed E-state index contributed by atoms with van der Waals surface area (Å²) in [6.45, 7) is 6.76. The van der Waals surface area contributed by atoms with Gasteiger partial charge in [-0.2, -0.15) is 0 Å². The van der Waals surface area contributed by atoms with Crippen molar-refractivity contribution in [2.24, 2.45) is 0 Å². The Morgan fingerprint density at radius 3 is 2.75 bits per heavy atom. The predicted molar refractivity (Wildman–Crippen MR) is 78.9 cm³/mol. The normalized spacial score (nSPS) is 11.8. The summed E-state index contributed by atoms with van der Waals surface area (Å²) < 4.78 is 5.56. The van der Waals surface area contributed by atoms with Crippen LogP contribution in [0.2, 0.25) is 0 Å². The molecule has 0 radical (unpaired) electrons. The molecular formula is C15H24N2O3. The first-order valence-corrected chi connectivity index (χ1v) is 6.98. The van der Waals surface area contributed by atoms with E-state index in [0.29, 0.717) is 19.6 Å². The Morgan fingerprint density at radius 1 is 1.40 bits per heavy atom. The quantitative estimate of drug-likeness (QED) is 0.715. The summed E-state index contributed by atoms with van der Waals surface area (Å²) in [5, 5.41) is 14.5. The molecule has 0 bridgehead atoms. The first-order chi connectivity index (χ1) is 9.60. The maximum absolute atomic E-state index is 11.7. The Bertz CT molecular complexity index is 431. The summed E-state index contributed by atoms with van der Waals surface area (Å²) in [7, 11) is 0. The van der Waals surface area contributed by atoms with Gasteiger partial charge < -0.3 is 20.5 Å². The summed E-state index contributed by atoms with van der Waals surface area (Å²) in [5.41, 5.74) is 2.05. The number of hydrogen-bond acceptors (Lipinski definition) is 3. The molecule has 2 amide bonds. The molecule has 5 heteroatoms. The summed E-state index contributed by atoms with van der Waals surface area (Å²) in [4.78, 5) is 11.7. The van der Waals surface area contributed by atoms with E-state index < -0.39 is 0 Å². The zero-order valence-corrected chi connectivity index (χ0v) is 12.4. The second kappa shape index (κ2) is 8.43. The maximum Gasteiger partial charge on any atom is 0.315 e. The standard InChI is InChI=1S/C15H24N2O3/c1-4-13(10-18)17-15(19)16-9-12-7-6-11(3)8-14(12)20-5-2/h6-8,13,18H,4-5,9-10H2,1-3H3,(H2,16,17,19). The van der Waals surface area contributed by atoms with Gasteiger partial charge in [0.15, 0.2) is 0 Å². The van der Waals surface area contributed by atoms with Gasteiger partial charge in [-0.25, -0.2) is 4.79 Å². The van der Waals surface area contributed by atoms with Crippen molar-refractivity contribution in [1.82, 2.24) is 10.6 Å². The lowest BCUT2D eigenvalue weighted by Gasteiger charge is -2.16. The lowest BCUT2D eigenvalue weighted by Crippen LogP contribution is -2.43. The van der Waals surface area contributed by atoms with Crippen molar-refractivity contribution in [2.75, 3.05) is 13.2 Å². The molecule has 1 rings (SSSR count). The van der Waals surface area contributed by atoms with Crippen molar-refractivity contribution >= 4 is 6.03 Å². The molecule has 20 heavy (non-hydrogen) atoms. The number of urea groups is 1. The molecule has 1 unspecified atom stereocenters. The third kappa shape index (κ3) is 5.09. The minimum Gasteiger partial charge on any atom is -0.494 e. The largest absolute Gasteiger partial charge is 0.494 e. The van der Waals surface area contributed by atoms with Gasteiger partial charge >= 0.3 is 6.03 Å². The molecule has 1 aromatic carbocycles. The fourth-order valence-corrected chi connectivity index (χ4v) is 1.79. The van der Waals surface area contributed by atoms with E-state index in [1.807, 2.05) is 39.0 Å². The van der Waals surface area contributed by atoms with Gasteiger partial charge in [0, 0.05) is 12.1 Å². The number of aliphatic hydroxyl groups is 1. The van der Waals surface area contributed by atoms with E-state index in [9.17, 15) is 4.79 Å². The van der Waals surface area contributed by atoms with E-state index in [0.717, 1.165) is 16.9 Å². The Balaban J connectivity index is 2.58. The van der Waals surface area contributed by atoms with Gasteiger partial charge in [-0.1, -0.05) is 19.1 Å². The molecule has 0 aliphatic rings. The lowest BCUT2D eigenvalue weighted by molar-refractivity contribution is 0.214. The summed E-state index contributed by atoms with van der Waals surface area (Å²) >= 11 is 0. The zero-order chi connectivity index (χ0) is 15.0. The highest BCUT2D eigenvalue weighted by Gasteiger charge is 2.10. The van der Waals surface area contributed by atoms with E-state index in [1.165, 1.54) is 0 Å². The van der Waals surface area contributed by atoms with Crippen LogP contribution in [0.4, 0.5) is 4.79 Å². The SMILES string of the molecule is CCOc1cc(C)ccc1CNC(=O)NC(CC)CO. The van der Waals surface area contributed by atoms with Crippen LogP contribution >= 0.6 is 0 Å². The Kier molecular flexibility index (Phi) is 6.87. The molecular weight excluding hydrogens is 256 g/mol. The lowest BCUT2D eigenvalue weighted by atomic mass is 10.1. The number of nitrogens with one attached hydrogen (secondary N) is 2. The fourth-order valence-electron chi connectivity index (χ4n) is 1.79. The van der Waals surface area contributed by atoms with Crippen LogP contribution < -0.4 is 15.4 Å². The van der Waals surface area contributed by atoms with Crippen LogP contribution in [-0.4, -0.2) is 30.4 Å². The number of benzene rings is 1. The molecule has 0 saturated carbocycles. The second-order valence-corrected chi connectivity index (χ2v) is 4.66. The molecule has 112 valence electrons. The average molecular weight is 280 g/mol. The van der Waals surface area contributed by atoms with E-state index in [4.69, 9.17) is 9.84 Å². The molecule has 1 atom stereocenters. The number of aryl methyl sites for hydroxylation is 1. The maximum atomic E-state index is 11.7. The minimum absolute atomic E-state index is 0.0569. The summed E-state index contributed by atoms with van der Waals surface area (Å²) in [6.07, 6.45) is 0.693. The number of carbonyl (C=O) groups is 1. The van der Waals surface area contributed by atoms with E-state index in [-0.39, 0.29) is 18.7 Å². The van der Waals surface area contributed by atoms with Gasteiger partial charge in [0.25, 0.3) is 0 Å². The number of aliphatic hydroxyl groups excluding tert-OH is 1. The number of rotatable bonds is 7. The second-order valence-electron chi connectivity index (χ2n) is 4.66. The van der Waals surface area contributed by atoms with Crippen LogP contribution in [0.1, 0.15) is 31.4 Å². The molecule has 0 spiro atoms. The molecule has 5 nitrogen and oxygen atoms in total. The van der Waals surface area contributed by atoms with Crippen molar-refractivity contribution in [2.45, 2.75) is 39.8 Å². The Morgan fingerprint density at radius 2 is 2.15 bits per heavy atom. The topological polar surface area (TPSA) is 70.6 Å². The van der Waals surface area contributed by atoms with Crippen LogP contribution in [0.25, 0.3) is 0 Å². The van der Waals surface area contributed by atoms with Crippen LogP contribution in [0.3, 0.4) is 0 Å². The molecule has 1 aromatic rings. The smallest absolute Gasteiger partial charge is 0.315 e. The van der Waals surface area contributed by atoms with Crippen LogP contribution in [-0.2, 0) is 6.54 Å². The number of carbonyl (C=O) groups excluding carboxylic acids is 1. The number of hydrogen-bond donors (Lipinski definition) is 3. The van der Waals surface area contributed by atoms with Gasteiger partial charge in [-0.15, -0.1) is 0 Å². The summed E-state index contributed by atoms with van der Waals surface area (Å²) in [6, 6.07) is 5.40. The van der Waals surface area contributed by atoms with Crippen LogP contribution in [0.15, 0.2) is 18.2 Å². The molecule has 0 heterocycles. The number of amides is 2. The Hall–Kier alpha value is -1.75. The highest BCUT2D eigenvalue weighted by molar-refractivity contribution is 5.74. The number of ether oxygens (including phenoxy) is 1. The molecule has 3 N–H and O–H groups in total. The predicted octanol–water partition coefficient (Wildman–Crippen LogP) is 1.96. The van der Waals surface area contributed by atoms with Crippen molar-refractivity contribution in [3.63, 3.8) is 0 Å². The first kappa shape index (κ1) is 16.3. The summed E-state index contributed by atoms with van der Waals surface area (Å²) in [5.74, 6) is 0.794. The van der Waals surface area contributed by atoms with Crippen molar-refractivity contribution in [3.8, 4) is 5.75 Å². The Labute approximate surface area is 120 Å². The third-order valence-electron chi connectivity index (χ3n) is 3.01. The van der Waals surface area contributed by atoms with Crippen molar-refractivity contribution < 1.29 is 14.6 Å². The van der Waals surface area contributed by atoms with E-state index >= 15 is 0 Å². The monoisotopic (exact) mass is 280 g/mol. The van der Waals surface area contributed by atoms with Crippen molar-refractivity contribution in [1.29, 1.82) is 0 Å². The fraction of sp³-hybridized carbons (Fsp3) is 0.533. The van der Waals surface area contributed by atoms with E-state index in [2.05, 4.69) is 10.6 Å². The molecule has 0 fully saturated rings. The van der Waals surface area contributed by atoms with E-state index in [1.54, 1.807) is 0 Å². The highest BCUT2D eigenvalue weighted by atomic mass is 16.5. The van der Waals surface area contributed by atoms with Crippen molar-refractivity contribution in [3.05, 3.63) is 29.3 Å². The first-order valence-electron chi connectivity index (χ1n) is 6.98. The molecule has 0 saturated heterocycles. The van der Waals surface area contributed by atoms with Gasteiger partial charge in [0.05, 0.1) is 19.3 Å². The molecule has 0 aromatic heterocycles. The van der Waals surface area contributed by atoms with Gasteiger partial charge in [0.1, 0.15) is 5.75 Å². The zero-order valence-electron chi connectivity index (χ0n) is 12.4. The van der Waals surface area contributed by atoms with Gasteiger partial charge in [0.2, 0.25) is 0 Å². The third-order valence-corrected chi connectivity index (χ3v) is 3.01. The molecule has 0 aliphatic carbocycles. The van der Waals surface area contributed by atoms with Crippen LogP contribution in [0.5, 0.6) is 5.75 Å². The minimum atomic E-state index is -0.283. The van der Waals surface area contributed by atoms with Gasteiger partial charge in [-0.3, -0.25) is 0 Å².